The van der Waals surface area contributed by atoms with Crippen LogP contribution in [0.1, 0.15) is 0 Å². The maximum Gasteiger partial charge on any atom is 0.372 e. The molecule has 3 aromatic rings. The molecule has 0 atom stereocenters. The first-order valence-corrected chi connectivity index (χ1v) is 8.21. The van der Waals surface area contributed by atoms with Gasteiger partial charge in [-0.15, -0.1) is 0 Å². The molecular formula is C15H15N2O3S+. The van der Waals surface area contributed by atoms with E-state index < -0.39 is 9.84 Å². The van der Waals surface area contributed by atoms with Crippen LogP contribution in [-0.2, 0) is 9.84 Å². The van der Waals surface area contributed by atoms with Gasteiger partial charge in [0.05, 0.1) is 5.75 Å². The highest BCUT2D eigenvalue weighted by Gasteiger charge is 2.25. The molecule has 0 aliphatic heterocycles. The lowest BCUT2D eigenvalue weighted by molar-refractivity contribution is -0.398. The van der Waals surface area contributed by atoms with Crippen LogP contribution in [0.25, 0.3) is 11.0 Å². The highest BCUT2D eigenvalue weighted by molar-refractivity contribution is 7.91. The van der Waals surface area contributed by atoms with Crippen LogP contribution in [0.2, 0.25) is 0 Å². The Kier molecular flexibility index (Phi) is 3.62. The van der Waals surface area contributed by atoms with Crippen LogP contribution in [0.15, 0.2) is 59.8 Å². The summed E-state index contributed by atoms with van der Waals surface area (Å²) in [5.74, 6) is 0.568. The van der Waals surface area contributed by atoms with Gasteiger partial charge in [-0.1, -0.05) is 30.3 Å². The largest absolute Gasteiger partial charge is 0.493 e. The summed E-state index contributed by atoms with van der Waals surface area (Å²) in [4.78, 5) is 5.77. The number of imidazole rings is 1. The molecule has 2 aromatic carbocycles. The van der Waals surface area contributed by atoms with Gasteiger partial charge in [-0.3, -0.25) is 0 Å². The van der Waals surface area contributed by atoms with Gasteiger partial charge in [-0.2, -0.15) is 0 Å². The van der Waals surface area contributed by atoms with E-state index in [9.17, 15) is 8.42 Å². The number of nitrogens with one attached hydrogen (secondary N) is 2. The smallest absolute Gasteiger partial charge is 0.372 e. The van der Waals surface area contributed by atoms with Crippen molar-refractivity contribution < 1.29 is 18.1 Å². The summed E-state index contributed by atoms with van der Waals surface area (Å²) < 4.78 is 29.9. The Bertz CT molecular complexity index is 808. The fourth-order valence-corrected chi connectivity index (χ4v) is 3.06. The van der Waals surface area contributed by atoms with E-state index >= 15 is 0 Å². The van der Waals surface area contributed by atoms with Crippen LogP contribution in [0.4, 0.5) is 0 Å². The molecular weight excluding hydrogens is 288 g/mol. The minimum atomic E-state index is -3.43. The molecule has 0 bridgehead atoms. The minimum Gasteiger partial charge on any atom is -0.493 e. The number of fused-ring (bicyclic) bond motifs is 1. The molecule has 1 heterocycles. The normalized spacial score (nSPS) is 11.6. The van der Waals surface area contributed by atoms with Gasteiger partial charge in [0, 0.05) is 0 Å². The summed E-state index contributed by atoms with van der Waals surface area (Å²) in [5, 5.41) is 0.111. The SMILES string of the molecule is O=S(=O)(CCOc1ccccc1)c1[nH]c2ccccc2[nH+]1. The van der Waals surface area contributed by atoms with E-state index in [2.05, 4.69) is 9.97 Å². The van der Waals surface area contributed by atoms with Crippen LogP contribution in [0, 0.1) is 0 Å². The molecule has 0 aliphatic carbocycles. The zero-order chi connectivity index (χ0) is 14.7. The Hall–Kier alpha value is -2.34. The fraction of sp³-hybridized carbons (Fsp3) is 0.133. The lowest BCUT2D eigenvalue weighted by Gasteiger charge is -2.04. The molecule has 0 aliphatic rings. The van der Waals surface area contributed by atoms with Crippen LogP contribution < -0.4 is 9.72 Å². The van der Waals surface area contributed by atoms with Crippen LogP contribution in [-0.4, -0.2) is 25.8 Å². The number of aromatic nitrogens is 2. The highest BCUT2D eigenvalue weighted by Crippen LogP contribution is 2.12. The van der Waals surface area contributed by atoms with E-state index in [0.717, 1.165) is 11.0 Å². The second-order valence-electron chi connectivity index (χ2n) is 4.61. The average molecular weight is 303 g/mol. The number of hydrogen-bond donors (Lipinski definition) is 1. The first kappa shape index (κ1) is 13.6. The molecule has 0 fully saturated rings. The lowest BCUT2D eigenvalue weighted by atomic mass is 10.3. The summed E-state index contributed by atoms with van der Waals surface area (Å²) in [5.41, 5.74) is 1.53. The summed E-state index contributed by atoms with van der Waals surface area (Å²) in [7, 11) is -3.43. The van der Waals surface area contributed by atoms with Crippen molar-refractivity contribution in [2.45, 2.75) is 5.16 Å². The molecule has 0 unspecified atom stereocenters. The van der Waals surface area contributed by atoms with Crippen molar-refractivity contribution in [3.8, 4) is 5.75 Å². The van der Waals surface area contributed by atoms with Crippen molar-refractivity contribution >= 4 is 20.9 Å². The molecule has 2 N–H and O–H groups in total. The third kappa shape index (κ3) is 3.05. The van der Waals surface area contributed by atoms with Gasteiger partial charge in [-0.25, -0.2) is 18.4 Å². The molecule has 0 saturated heterocycles. The monoisotopic (exact) mass is 303 g/mol. The molecule has 0 amide bonds. The number of aromatic amines is 2. The predicted octanol–water partition coefficient (Wildman–Crippen LogP) is 1.83. The second-order valence-corrected chi connectivity index (χ2v) is 6.65. The van der Waals surface area contributed by atoms with Crippen LogP contribution >= 0.6 is 0 Å². The van der Waals surface area contributed by atoms with Gasteiger partial charge < -0.3 is 4.74 Å². The zero-order valence-electron chi connectivity index (χ0n) is 11.2. The number of para-hydroxylation sites is 3. The quantitative estimate of drug-likeness (QED) is 0.781. The Balaban J connectivity index is 1.71. The lowest BCUT2D eigenvalue weighted by Crippen LogP contribution is -2.21. The Morgan fingerprint density at radius 3 is 2.48 bits per heavy atom. The van der Waals surface area contributed by atoms with Crippen LogP contribution in [0.3, 0.4) is 0 Å². The Morgan fingerprint density at radius 1 is 1.00 bits per heavy atom. The molecule has 5 nitrogen and oxygen atoms in total. The first-order chi connectivity index (χ1) is 10.1. The second kappa shape index (κ2) is 5.57. The number of hydrogen-bond acceptors (Lipinski definition) is 3. The molecule has 0 spiro atoms. The van der Waals surface area contributed by atoms with Crippen molar-refractivity contribution in [1.29, 1.82) is 0 Å². The van der Waals surface area contributed by atoms with Gasteiger partial charge >= 0.3 is 5.16 Å². The van der Waals surface area contributed by atoms with E-state index in [4.69, 9.17) is 4.74 Å². The summed E-state index contributed by atoms with van der Waals surface area (Å²) in [6.45, 7) is 0.107. The first-order valence-electron chi connectivity index (χ1n) is 6.56. The van der Waals surface area contributed by atoms with Crippen molar-refractivity contribution in [2.75, 3.05) is 12.4 Å². The number of ether oxygens (including phenoxy) is 1. The standard InChI is InChI=1S/C15H14N2O3S/c18-21(19,11-10-20-12-6-2-1-3-7-12)15-16-13-8-4-5-9-14(13)17-15/h1-9H,10-11H2,(H,16,17)/p+1. The van der Waals surface area contributed by atoms with Gasteiger partial charge in [0.2, 0.25) is 0 Å². The number of H-pyrrole nitrogens is 2. The third-order valence-electron chi connectivity index (χ3n) is 3.10. The van der Waals surface area contributed by atoms with Gasteiger partial charge in [-0.05, 0) is 24.3 Å². The molecule has 3 rings (SSSR count). The molecule has 21 heavy (non-hydrogen) atoms. The summed E-state index contributed by atoms with van der Waals surface area (Å²) >= 11 is 0. The van der Waals surface area contributed by atoms with Gasteiger partial charge in [0.15, 0.2) is 11.0 Å². The molecule has 0 radical (unpaired) electrons. The molecule has 108 valence electrons. The Morgan fingerprint density at radius 2 is 1.71 bits per heavy atom. The maximum absolute atomic E-state index is 12.2. The van der Waals surface area contributed by atoms with Gasteiger partial charge in [0.1, 0.15) is 12.4 Å². The van der Waals surface area contributed by atoms with Crippen molar-refractivity contribution in [2.24, 2.45) is 0 Å². The van der Waals surface area contributed by atoms with Crippen molar-refractivity contribution in [3.05, 3.63) is 54.6 Å². The van der Waals surface area contributed by atoms with E-state index in [1.807, 2.05) is 42.5 Å². The van der Waals surface area contributed by atoms with E-state index in [0.29, 0.717) is 5.75 Å². The fourth-order valence-electron chi connectivity index (χ4n) is 2.02. The predicted molar refractivity (Wildman–Crippen MR) is 78.8 cm³/mol. The maximum atomic E-state index is 12.2. The summed E-state index contributed by atoms with van der Waals surface area (Å²) in [6.07, 6.45) is 0. The van der Waals surface area contributed by atoms with Gasteiger partial charge in [0.25, 0.3) is 9.84 Å². The number of benzene rings is 2. The molecule has 1 aromatic heterocycles. The van der Waals surface area contributed by atoms with Crippen molar-refractivity contribution in [3.63, 3.8) is 0 Å². The zero-order valence-corrected chi connectivity index (χ0v) is 12.1. The van der Waals surface area contributed by atoms with E-state index in [1.165, 1.54) is 0 Å². The van der Waals surface area contributed by atoms with E-state index in [-0.39, 0.29) is 17.5 Å². The third-order valence-corrected chi connectivity index (χ3v) is 4.63. The minimum absolute atomic E-state index is 0.0920. The van der Waals surface area contributed by atoms with Crippen molar-refractivity contribution in [1.82, 2.24) is 4.98 Å². The van der Waals surface area contributed by atoms with Crippen LogP contribution in [0.5, 0.6) is 5.75 Å². The number of rotatable bonds is 5. The molecule has 6 heteroatoms. The summed E-state index contributed by atoms with van der Waals surface area (Å²) in [6, 6.07) is 16.5. The Labute approximate surface area is 122 Å². The molecule has 0 saturated carbocycles. The van der Waals surface area contributed by atoms with E-state index in [1.54, 1.807) is 12.1 Å². The highest BCUT2D eigenvalue weighted by atomic mass is 32.2. The number of sulfone groups is 1. The topological polar surface area (TPSA) is 73.3 Å². The average Bonchev–Trinajstić information content (AvgIpc) is 2.93.